The van der Waals surface area contributed by atoms with Crippen molar-refractivity contribution < 1.29 is 35.9 Å². The number of esters is 1. The Morgan fingerprint density at radius 3 is 2.55 bits per heavy atom. The van der Waals surface area contributed by atoms with Crippen molar-refractivity contribution in [3.8, 4) is 0 Å². The number of likely N-dealkylation sites (N-methyl/N-ethyl adjacent to an activating group) is 1. The maximum Gasteiger partial charge on any atom is 0.410 e. The first kappa shape index (κ1) is 23.7. The van der Waals surface area contributed by atoms with Gasteiger partial charge in [0.15, 0.2) is 9.84 Å². The Bertz CT molecular complexity index is 968. The van der Waals surface area contributed by atoms with E-state index in [1.807, 2.05) is 0 Å². The fraction of sp³-hybridized carbons (Fsp3) is 0.625. The van der Waals surface area contributed by atoms with Crippen LogP contribution < -0.4 is 5.14 Å². The van der Waals surface area contributed by atoms with Crippen LogP contribution in [0, 0.1) is 0 Å². The molecule has 0 fully saturated rings. The van der Waals surface area contributed by atoms with Gasteiger partial charge >= 0.3 is 12.1 Å². The number of carbonyl (C=O) groups is 2. The zero-order valence-electron chi connectivity index (χ0n) is 16.4. The van der Waals surface area contributed by atoms with Gasteiger partial charge < -0.3 is 9.47 Å². The summed E-state index contributed by atoms with van der Waals surface area (Å²) >= 11 is 0.592. The molecule has 0 aromatic heterocycles. The lowest BCUT2D eigenvalue weighted by Gasteiger charge is -2.32. The van der Waals surface area contributed by atoms with Crippen molar-refractivity contribution in [2.75, 3.05) is 13.2 Å². The molecule has 2 rings (SSSR count). The lowest BCUT2D eigenvalue weighted by atomic mass is 10.0. The van der Waals surface area contributed by atoms with Gasteiger partial charge in [0.1, 0.15) is 21.2 Å². The molecular weight excluding hydrogens is 444 g/mol. The molecule has 0 radical (unpaired) electrons. The second-order valence-electron chi connectivity index (χ2n) is 6.73. The Kier molecular flexibility index (Phi) is 7.08. The normalized spacial score (nSPS) is 24.4. The molecule has 0 aliphatic carbocycles. The summed E-state index contributed by atoms with van der Waals surface area (Å²) in [5, 5.41) is 4.48. The van der Waals surface area contributed by atoms with Crippen LogP contribution in [0.15, 0.2) is 20.1 Å². The van der Waals surface area contributed by atoms with Crippen molar-refractivity contribution in [2.24, 2.45) is 5.14 Å². The van der Waals surface area contributed by atoms with Crippen LogP contribution in [-0.2, 0) is 34.1 Å². The van der Waals surface area contributed by atoms with Crippen molar-refractivity contribution in [1.29, 1.82) is 0 Å². The molecule has 29 heavy (non-hydrogen) atoms. The van der Waals surface area contributed by atoms with E-state index in [1.54, 1.807) is 6.92 Å². The van der Waals surface area contributed by atoms with Crippen LogP contribution in [0.3, 0.4) is 0 Å². The summed E-state index contributed by atoms with van der Waals surface area (Å²) in [6, 6.07) is -0.933. The molecule has 2 N–H and O–H groups in total. The van der Waals surface area contributed by atoms with Crippen molar-refractivity contribution >= 4 is 43.7 Å². The van der Waals surface area contributed by atoms with E-state index in [9.17, 15) is 26.4 Å². The van der Waals surface area contributed by atoms with E-state index in [4.69, 9.17) is 14.6 Å². The van der Waals surface area contributed by atoms with Crippen molar-refractivity contribution in [2.45, 2.75) is 51.5 Å². The Hall–Kier alpha value is -1.57. The van der Waals surface area contributed by atoms with E-state index in [-0.39, 0.29) is 28.0 Å². The van der Waals surface area contributed by atoms with Crippen LogP contribution in [0.1, 0.15) is 34.1 Å². The lowest BCUT2D eigenvalue weighted by molar-refractivity contribution is -0.143. The molecule has 1 unspecified atom stereocenters. The number of sulfone groups is 1. The standard InChI is InChI=1S/C16H24N2O8S3/c1-5-18(16(20)26-9(2)8-25-11(4)19)13-7-14(29(17,23)24)27-15-12(13)6-10(3)28(15,21)22/h7,9-10,13H,5-6,8H2,1-4H3,(H2,17,23,24)/t9?,10-,13-/m0/s1. The van der Waals surface area contributed by atoms with Gasteiger partial charge in [-0.1, -0.05) is 11.8 Å². The fourth-order valence-corrected chi connectivity index (χ4v) is 7.43. The van der Waals surface area contributed by atoms with E-state index < -0.39 is 49.3 Å². The summed E-state index contributed by atoms with van der Waals surface area (Å²) < 4.78 is 58.7. The summed E-state index contributed by atoms with van der Waals surface area (Å²) in [5.41, 5.74) is 0.432. The molecule has 0 saturated carbocycles. The van der Waals surface area contributed by atoms with E-state index in [0.717, 1.165) is 0 Å². The molecule has 2 aliphatic rings. The van der Waals surface area contributed by atoms with Gasteiger partial charge in [0.05, 0.1) is 11.3 Å². The Morgan fingerprint density at radius 1 is 1.41 bits per heavy atom. The number of nitrogens with zero attached hydrogens (tertiary/aromatic N) is 1. The van der Waals surface area contributed by atoms with Gasteiger partial charge in [-0.15, -0.1) is 0 Å². The van der Waals surface area contributed by atoms with Crippen molar-refractivity contribution in [3.05, 3.63) is 20.1 Å². The zero-order chi connectivity index (χ0) is 22.1. The van der Waals surface area contributed by atoms with Crippen LogP contribution in [0.4, 0.5) is 4.79 Å². The largest absolute Gasteiger partial charge is 0.462 e. The summed E-state index contributed by atoms with van der Waals surface area (Å²) in [7, 11) is -7.90. The Morgan fingerprint density at radius 2 is 2.03 bits per heavy atom. The van der Waals surface area contributed by atoms with Gasteiger partial charge in [-0.25, -0.2) is 26.8 Å². The zero-order valence-corrected chi connectivity index (χ0v) is 18.9. The number of hydrogen-bond donors (Lipinski definition) is 1. The van der Waals surface area contributed by atoms with Crippen molar-refractivity contribution in [3.63, 3.8) is 0 Å². The monoisotopic (exact) mass is 468 g/mol. The van der Waals surface area contributed by atoms with Gasteiger partial charge in [-0.05, 0) is 38.8 Å². The summed E-state index contributed by atoms with van der Waals surface area (Å²) in [6.45, 7) is 5.91. The van der Waals surface area contributed by atoms with Gasteiger partial charge in [0, 0.05) is 13.5 Å². The third-order valence-electron chi connectivity index (χ3n) is 4.42. The first-order valence-electron chi connectivity index (χ1n) is 8.79. The highest BCUT2D eigenvalue weighted by Gasteiger charge is 2.45. The lowest BCUT2D eigenvalue weighted by Crippen LogP contribution is -2.43. The number of amides is 1. The third kappa shape index (κ3) is 5.13. The summed E-state index contributed by atoms with van der Waals surface area (Å²) in [4.78, 5) is 24.8. The maximum absolute atomic E-state index is 12.7. The van der Waals surface area contributed by atoms with E-state index in [0.29, 0.717) is 17.3 Å². The minimum absolute atomic E-state index is 0.0827. The Balaban J connectivity index is 2.38. The minimum Gasteiger partial charge on any atom is -0.462 e. The van der Waals surface area contributed by atoms with Gasteiger partial charge in [-0.2, -0.15) is 0 Å². The minimum atomic E-state index is -4.18. The molecule has 1 amide bonds. The molecule has 164 valence electrons. The smallest absolute Gasteiger partial charge is 0.410 e. The first-order valence-corrected chi connectivity index (χ1v) is 12.7. The maximum atomic E-state index is 12.7. The second kappa shape index (κ2) is 8.66. The molecular formula is C16H24N2O8S3. The third-order valence-corrected chi connectivity index (χ3v) is 9.80. The Labute approximate surface area is 174 Å². The van der Waals surface area contributed by atoms with E-state index in [1.165, 1.54) is 31.7 Å². The van der Waals surface area contributed by atoms with Crippen LogP contribution in [-0.4, -0.2) is 64.3 Å². The van der Waals surface area contributed by atoms with Gasteiger partial charge in [0.25, 0.3) is 0 Å². The molecule has 0 aromatic carbocycles. The number of primary sulfonamides is 1. The number of rotatable bonds is 6. The molecule has 3 atom stereocenters. The highest BCUT2D eigenvalue weighted by molar-refractivity contribution is 8.27. The molecule has 0 spiro atoms. The molecule has 0 bridgehead atoms. The number of nitrogens with two attached hydrogens (primary N) is 1. The SMILES string of the molecule is CCN(C(=O)OC(C)COC(C)=O)[C@H]1C=C(S(N)(=O)=O)SC2=C1C[C@H](C)S2(=O)=O. The van der Waals surface area contributed by atoms with Crippen LogP contribution in [0.5, 0.6) is 0 Å². The predicted octanol–water partition coefficient (Wildman–Crippen LogP) is 1.06. The average molecular weight is 469 g/mol. The van der Waals surface area contributed by atoms with E-state index in [2.05, 4.69) is 0 Å². The molecule has 0 saturated heterocycles. The highest BCUT2D eigenvalue weighted by Crippen LogP contribution is 2.48. The quantitative estimate of drug-likeness (QED) is 0.564. The van der Waals surface area contributed by atoms with Gasteiger partial charge in [0.2, 0.25) is 10.0 Å². The van der Waals surface area contributed by atoms with Crippen molar-refractivity contribution in [1.82, 2.24) is 4.90 Å². The number of sulfonamides is 1. The summed E-state index contributed by atoms with van der Waals surface area (Å²) in [5.74, 6) is -0.523. The topological polar surface area (TPSA) is 150 Å². The molecule has 10 nitrogen and oxygen atoms in total. The number of carbonyl (C=O) groups excluding carboxylic acids is 2. The van der Waals surface area contributed by atoms with Gasteiger partial charge in [-0.3, -0.25) is 9.69 Å². The molecule has 2 heterocycles. The second-order valence-corrected chi connectivity index (χ2v) is 12.1. The molecule has 13 heteroatoms. The highest BCUT2D eigenvalue weighted by atomic mass is 32.3. The summed E-state index contributed by atoms with van der Waals surface area (Å²) in [6.07, 6.45) is -0.109. The number of hydrogen-bond acceptors (Lipinski definition) is 9. The molecule has 2 aliphatic heterocycles. The molecule has 0 aromatic rings. The average Bonchev–Trinajstić information content (AvgIpc) is 2.82. The number of ether oxygens (including phenoxy) is 2. The van der Waals surface area contributed by atoms with Crippen LogP contribution in [0.2, 0.25) is 0 Å². The van der Waals surface area contributed by atoms with E-state index >= 15 is 0 Å². The van der Waals surface area contributed by atoms with Crippen LogP contribution >= 0.6 is 11.8 Å². The fourth-order valence-electron chi connectivity index (χ4n) is 2.97. The first-order chi connectivity index (χ1) is 13.3. The number of thioether (sulfide) groups is 1. The predicted molar refractivity (Wildman–Crippen MR) is 108 cm³/mol. The van der Waals surface area contributed by atoms with Crippen LogP contribution in [0.25, 0.3) is 0 Å².